The number of benzene rings is 3. The van der Waals surface area contributed by atoms with Crippen molar-refractivity contribution in [2.24, 2.45) is 0 Å². The number of urea groups is 1. The van der Waals surface area contributed by atoms with Crippen LogP contribution in [0.1, 0.15) is 36.3 Å². The van der Waals surface area contributed by atoms with Crippen LogP contribution in [0.15, 0.2) is 65.5 Å². The van der Waals surface area contributed by atoms with Gasteiger partial charge in [-0.2, -0.15) is 0 Å². The SMILES string of the molecule is CCC(c1nc2ccccc2c(=O)n1-c1ccc(C)cc1C)N(C)C(=O)Nc1ccc(OC)cc1OC. The number of hydrogen-bond donors (Lipinski definition) is 1. The largest absolute Gasteiger partial charge is 0.497 e. The number of amides is 2. The van der Waals surface area contributed by atoms with Gasteiger partial charge in [-0.3, -0.25) is 9.36 Å². The summed E-state index contributed by atoms with van der Waals surface area (Å²) in [6.07, 6.45) is 0.541. The lowest BCUT2D eigenvalue weighted by Crippen LogP contribution is -2.38. The third-order valence-electron chi connectivity index (χ3n) is 6.52. The molecule has 8 heteroatoms. The first kappa shape index (κ1) is 25.8. The van der Waals surface area contributed by atoms with Crippen molar-refractivity contribution in [1.29, 1.82) is 0 Å². The summed E-state index contributed by atoms with van der Waals surface area (Å²) in [7, 11) is 4.80. The van der Waals surface area contributed by atoms with Crippen LogP contribution < -0.4 is 20.3 Å². The van der Waals surface area contributed by atoms with Gasteiger partial charge in [-0.15, -0.1) is 0 Å². The number of fused-ring (bicyclic) bond motifs is 1. The molecular formula is C29H32N4O4. The number of rotatable bonds is 7. The van der Waals surface area contributed by atoms with Gasteiger partial charge in [0.15, 0.2) is 0 Å². The zero-order valence-corrected chi connectivity index (χ0v) is 22.0. The van der Waals surface area contributed by atoms with Crippen molar-refractivity contribution < 1.29 is 14.3 Å². The predicted octanol–water partition coefficient (Wildman–Crippen LogP) is 5.63. The van der Waals surface area contributed by atoms with Crippen LogP contribution in [-0.4, -0.2) is 41.7 Å². The Morgan fingerprint density at radius 2 is 1.81 bits per heavy atom. The number of carbonyl (C=O) groups excluding carboxylic acids is 1. The normalized spacial score (nSPS) is 11.7. The highest BCUT2D eigenvalue weighted by molar-refractivity contribution is 5.91. The molecule has 1 N–H and O–H groups in total. The van der Waals surface area contributed by atoms with Gasteiger partial charge in [0.1, 0.15) is 17.3 Å². The van der Waals surface area contributed by atoms with Gasteiger partial charge in [0, 0.05) is 13.1 Å². The van der Waals surface area contributed by atoms with Crippen LogP contribution in [-0.2, 0) is 0 Å². The fraction of sp³-hybridized carbons (Fsp3) is 0.276. The van der Waals surface area contributed by atoms with E-state index in [1.165, 1.54) is 7.11 Å². The summed E-state index contributed by atoms with van der Waals surface area (Å²) in [5.74, 6) is 1.59. The number of ether oxygens (including phenoxy) is 2. The van der Waals surface area contributed by atoms with E-state index in [0.29, 0.717) is 40.3 Å². The lowest BCUT2D eigenvalue weighted by atomic mass is 10.1. The maximum absolute atomic E-state index is 13.8. The molecule has 8 nitrogen and oxygen atoms in total. The van der Waals surface area contributed by atoms with Crippen LogP contribution in [0.25, 0.3) is 16.6 Å². The molecule has 37 heavy (non-hydrogen) atoms. The number of methoxy groups -OCH3 is 2. The molecule has 0 aliphatic heterocycles. The first-order chi connectivity index (χ1) is 17.8. The van der Waals surface area contributed by atoms with Crippen LogP contribution >= 0.6 is 0 Å². The summed E-state index contributed by atoms with van der Waals surface area (Å²) in [4.78, 5) is 33.7. The number of hydrogen-bond acceptors (Lipinski definition) is 5. The van der Waals surface area contributed by atoms with Gasteiger partial charge in [0.25, 0.3) is 5.56 Å². The van der Waals surface area contributed by atoms with Gasteiger partial charge < -0.3 is 19.7 Å². The molecule has 1 aromatic heterocycles. The summed E-state index contributed by atoms with van der Waals surface area (Å²) < 4.78 is 12.3. The van der Waals surface area contributed by atoms with E-state index >= 15 is 0 Å². The monoisotopic (exact) mass is 500 g/mol. The van der Waals surface area contributed by atoms with E-state index in [0.717, 1.165) is 16.8 Å². The number of anilines is 1. The standard InChI is InChI=1S/C29H32N4O4/c1-7-24(32(4)29(35)31-23-14-13-20(36-5)17-26(23)37-6)27-30-22-11-9-8-10-21(22)28(34)33(27)25-15-12-18(2)16-19(25)3/h8-17,24H,7H2,1-6H3,(H,31,35). The smallest absolute Gasteiger partial charge is 0.322 e. The van der Waals surface area contributed by atoms with Crippen molar-refractivity contribution in [3.8, 4) is 17.2 Å². The van der Waals surface area contributed by atoms with Gasteiger partial charge in [-0.05, 0) is 56.2 Å². The van der Waals surface area contributed by atoms with Crippen molar-refractivity contribution in [3.63, 3.8) is 0 Å². The number of aromatic nitrogens is 2. The Bertz CT molecular complexity index is 1510. The molecule has 192 valence electrons. The van der Waals surface area contributed by atoms with E-state index in [9.17, 15) is 9.59 Å². The molecule has 0 aliphatic carbocycles. The Hall–Kier alpha value is -4.33. The van der Waals surface area contributed by atoms with E-state index in [1.807, 2.05) is 57.2 Å². The van der Waals surface area contributed by atoms with Crippen molar-refractivity contribution in [2.45, 2.75) is 33.2 Å². The average Bonchev–Trinajstić information content (AvgIpc) is 2.90. The molecule has 0 bridgehead atoms. The van der Waals surface area contributed by atoms with E-state index in [2.05, 4.69) is 5.32 Å². The topological polar surface area (TPSA) is 85.7 Å². The fourth-order valence-corrected chi connectivity index (χ4v) is 4.54. The molecule has 4 aromatic rings. The Labute approximate surface area is 216 Å². The lowest BCUT2D eigenvalue weighted by molar-refractivity contribution is 0.199. The van der Waals surface area contributed by atoms with E-state index in [4.69, 9.17) is 14.5 Å². The molecular weight excluding hydrogens is 468 g/mol. The molecule has 0 fully saturated rings. The minimum atomic E-state index is -0.484. The maximum atomic E-state index is 13.8. The molecule has 1 atom stereocenters. The highest BCUT2D eigenvalue weighted by atomic mass is 16.5. The second kappa shape index (κ2) is 10.7. The summed E-state index contributed by atoms with van der Waals surface area (Å²) in [5.41, 5.74) is 3.72. The molecule has 1 unspecified atom stereocenters. The van der Waals surface area contributed by atoms with Crippen LogP contribution in [0.3, 0.4) is 0 Å². The molecule has 0 radical (unpaired) electrons. The summed E-state index contributed by atoms with van der Waals surface area (Å²) in [5, 5.41) is 3.44. The zero-order chi connectivity index (χ0) is 26.7. The van der Waals surface area contributed by atoms with Crippen molar-refractivity contribution in [2.75, 3.05) is 26.6 Å². The first-order valence-electron chi connectivity index (χ1n) is 12.1. The summed E-state index contributed by atoms with van der Waals surface area (Å²) in [6, 6.07) is 17.6. The fourth-order valence-electron chi connectivity index (χ4n) is 4.54. The lowest BCUT2D eigenvalue weighted by Gasteiger charge is -2.29. The number of carbonyl (C=O) groups is 1. The van der Waals surface area contributed by atoms with Gasteiger partial charge in [0.05, 0.1) is 42.5 Å². The number of aryl methyl sites for hydroxylation is 2. The van der Waals surface area contributed by atoms with Crippen LogP contribution in [0.4, 0.5) is 10.5 Å². The molecule has 2 amide bonds. The predicted molar refractivity (Wildman–Crippen MR) is 146 cm³/mol. The first-order valence-corrected chi connectivity index (χ1v) is 12.1. The minimum absolute atomic E-state index is 0.170. The van der Waals surface area contributed by atoms with Gasteiger partial charge in [-0.25, -0.2) is 9.78 Å². The Balaban J connectivity index is 1.81. The van der Waals surface area contributed by atoms with Gasteiger partial charge in [-0.1, -0.05) is 36.8 Å². The van der Waals surface area contributed by atoms with Crippen LogP contribution in [0, 0.1) is 13.8 Å². The highest BCUT2D eigenvalue weighted by Gasteiger charge is 2.27. The Morgan fingerprint density at radius 1 is 1.05 bits per heavy atom. The minimum Gasteiger partial charge on any atom is -0.497 e. The Kier molecular flexibility index (Phi) is 7.47. The van der Waals surface area contributed by atoms with E-state index in [-0.39, 0.29) is 11.6 Å². The highest BCUT2D eigenvalue weighted by Crippen LogP contribution is 2.31. The van der Waals surface area contributed by atoms with Crippen molar-refractivity contribution in [1.82, 2.24) is 14.5 Å². The second-order valence-corrected chi connectivity index (χ2v) is 8.95. The second-order valence-electron chi connectivity index (χ2n) is 8.95. The third kappa shape index (κ3) is 5.00. The maximum Gasteiger partial charge on any atom is 0.322 e. The van der Waals surface area contributed by atoms with E-state index < -0.39 is 6.04 Å². The molecule has 0 spiro atoms. The number of nitrogens with one attached hydrogen (secondary N) is 1. The van der Waals surface area contributed by atoms with Crippen LogP contribution in [0.5, 0.6) is 11.5 Å². The van der Waals surface area contributed by atoms with Crippen LogP contribution in [0.2, 0.25) is 0 Å². The summed E-state index contributed by atoms with van der Waals surface area (Å²) >= 11 is 0. The molecule has 0 saturated heterocycles. The van der Waals surface area contributed by atoms with E-state index in [1.54, 1.807) is 47.9 Å². The number of nitrogens with zero attached hydrogens (tertiary/aromatic N) is 3. The van der Waals surface area contributed by atoms with Crippen molar-refractivity contribution >= 4 is 22.6 Å². The molecule has 0 saturated carbocycles. The quantitative estimate of drug-likeness (QED) is 0.355. The van der Waals surface area contributed by atoms with Crippen molar-refractivity contribution in [3.05, 3.63) is 88.0 Å². The Morgan fingerprint density at radius 3 is 2.49 bits per heavy atom. The average molecular weight is 501 g/mol. The molecule has 4 rings (SSSR count). The zero-order valence-electron chi connectivity index (χ0n) is 22.0. The molecule has 0 aliphatic rings. The number of para-hydroxylation sites is 1. The van der Waals surface area contributed by atoms with Gasteiger partial charge in [0.2, 0.25) is 0 Å². The van der Waals surface area contributed by atoms with Gasteiger partial charge >= 0.3 is 6.03 Å². The third-order valence-corrected chi connectivity index (χ3v) is 6.52. The molecule has 3 aromatic carbocycles. The summed E-state index contributed by atoms with van der Waals surface area (Å²) in [6.45, 7) is 5.96. The molecule has 1 heterocycles.